The maximum absolute atomic E-state index is 18.2. The monoisotopic (exact) mass is 856 g/mol. The number of benzene rings is 18. The first-order chi connectivity index (χ1) is 33.5. The van der Waals surface area contributed by atoms with Crippen LogP contribution in [0.15, 0.2) is 0 Å². The van der Waals surface area contributed by atoms with Crippen LogP contribution in [0.2, 0.25) is 0 Å². The Labute approximate surface area is 371 Å². The topological polar surface area (TPSA) is 23.6 Å². The fraction of sp³-hybridized carbons (Fsp3) is 0.0938. The van der Waals surface area contributed by atoms with Crippen molar-refractivity contribution < 1.29 is 4.57 Å². The summed E-state index contributed by atoms with van der Waals surface area (Å²) in [5, 5.41) is 85.0. The second-order valence-electron chi connectivity index (χ2n) is 25.3. The number of hydrogen-bond donors (Lipinski definition) is 0. The summed E-state index contributed by atoms with van der Waals surface area (Å²) >= 11 is 0. The predicted octanol–water partition coefficient (Wildman–Crippen LogP) is 17.4. The molecule has 0 saturated carbocycles. The van der Waals surface area contributed by atoms with Crippen molar-refractivity contribution in [3.63, 3.8) is 0 Å². The van der Waals surface area contributed by atoms with Gasteiger partial charge in [-0.05, 0) is 341 Å². The minimum absolute atomic E-state index is 0.0382. The number of nitrogens with zero attached hydrogens (tertiary/aromatic N) is 2. The van der Waals surface area contributed by atoms with Gasteiger partial charge in [0.15, 0.2) is 0 Å². The van der Waals surface area contributed by atoms with E-state index in [0.29, 0.717) is 0 Å². The van der Waals surface area contributed by atoms with Crippen molar-refractivity contribution in [2.45, 2.75) is 11.1 Å². The van der Waals surface area contributed by atoms with Gasteiger partial charge in [0, 0.05) is 5.92 Å². The van der Waals surface area contributed by atoms with Crippen LogP contribution in [0.3, 0.4) is 0 Å². The normalized spacial score (nSPS) is 21.5. The molecule has 0 aliphatic heterocycles. The van der Waals surface area contributed by atoms with Gasteiger partial charge in [-0.1, -0.05) is 0 Å². The summed E-state index contributed by atoms with van der Waals surface area (Å²) in [7, 11) is 5.25. The predicted molar refractivity (Wildman–Crippen MR) is 290 cm³/mol. The summed E-state index contributed by atoms with van der Waals surface area (Å²) in [6.07, 6.45) is 0. The molecule has 0 amide bonds. The second-order valence-corrected chi connectivity index (χ2v) is 28.7. The molecular formula is C64H13N2OP. The van der Waals surface area contributed by atoms with Gasteiger partial charge in [-0.2, -0.15) is 0 Å². The first-order valence-electron chi connectivity index (χ1n) is 25.2. The van der Waals surface area contributed by atoms with Crippen LogP contribution in [-0.2, 0) is 9.72 Å². The van der Waals surface area contributed by atoms with Crippen LogP contribution >= 0.6 is 7.44 Å². The maximum Gasteiger partial charge on any atom is 0.231 e. The zero-order valence-electron chi connectivity index (χ0n) is 35.8. The van der Waals surface area contributed by atoms with Crippen molar-refractivity contribution in [3.05, 3.63) is 22.3 Å². The minimum Gasteiger partial charge on any atom is -0.287 e. The zero-order valence-corrected chi connectivity index (χ0v) is 36.7. The lowest BCUT2D eigenvalue weighted by Crippen LogP contribution is -2.44. The van der Waals surface area contributed by atoms with Gasteiger partial charge in [-0.25, -0.2) is 9.34 Å². The fourth-order valence-electron chi connectivity index (χ4n) is 24.6. The van der Waals surface area contributed by atoms with Gasteiger partial charge < -0.3 is 0 Å². The third-order valence-corrected chi connectivity index (χ3v) is 28.4. The number of rotatable bonds is 3. The molecule has 4 heteroatoms. The quantitative estimate of drug-likeness (QED) is 0.131. The van der Waals surface area contributed by atoms with E-state index in [9.17, 15) is 0 Å². The van der Waals surface area contributed by atoms with E-state index < -0.39 is 12.6 Å². The van der Waals surface area contributed by atoms with Gasteiger partial charge in [0.2, 0.25) is 7.44 Å². The molecule has 0 heterocycles. The first-order valence-corrected chi connectivity index (χ1v) is 26.8. The van der Waals surface area contributed by atoms with Crippen LogP contribution < -0.4 is 0 Å². The Morgan fingerprint density at radius 1 is 0.235 bits per heavy atom. The van der Waals surface area contributed by atoms with E-state index in [4.69, 9.17) is 0 Å². The molecule has 32 rings (SSSR count). The van der Waals surface area contributed by atoms with E-state index >= 15 is 4.57 Å². The molecule has 0 atom stereocenters. The van der Waals surface area contributed by atoms with Gasteiger partial charge in [-0.3, -0.25) is 4.57 Å². The highest BCUT2D eigenvalue weighted by Gasteiger charge is 2.70. The van der Waals surface area contributed by atoms with Gasteiger partial charge in [0.05, 0.1) is 0 Å². The highest BCUT2D eigenvalue weighted by atomic mass is 31.2. The standard InChI is InChI=1S/C64H13N2OP/c1-65(2)68(67,66(3)4)64-61-57-51-37-29-21-9-6-5-7-10(9)22-24-20-14(7)16-12-8(5)11-15-13(6)19-23(21)35(37)43-41-27(19)25(15)33-31-17(11)18(12)32-34-26(16)28(20)42-44-36(24)38(30(22)29)52(51)58(61)54(44)56-48(42)46(34)50-40(32)39(31)49-45(33)47(41)55(53(43)57)62(64)59(49)60(50)63(56)64/h61H,1-4H3. The average Bonchev–Trinajstić information content (AvgIpc) is 4.26. The van der Waals surface area contributed by atoms with Crippen LogP contribution in [-0.4, -0.2) is 37.5 Å². The number of hydrogen-bond acceptors (Lipinski definition) is 1. The van der Waals surface area contributed by atoms with E-state index in [1.807, 2.05) is 0 Å². The lowest BCUT2D eigenvalue weighted by molar-refractivity contribution is 0.404. The van der Waals surface area contributed by atoms with Crippen molar-refractivity contribution in [1.29, 1.82) is 0 Å². The summed E-state index contributed by atoms with van der Waals surface area (Å²) in [4.78, 5) is 0. The van der Waals surface area contributed by atoms with Crippen LogP contribution in [0.4, 0.5) is 0 Å². The third-order valence-electron chi connectivity index (χ3n) is 24.6. The lowest BCUT2D eigenvalue weighted by atomic mass is 9.67. The van der Waals surface area contributed by atoms with Crippen molar-refractivity contribution in [2.24, 2.45) is 0 Å². The molecule has 0 radical (unpaired) electrons. The Morgan fingerprint density at radius 2 is 0.368 bits per heavy atom. The largest absolute Gasteiger partial charge is 0.287 e. The van der Waals surface area contributed by atoms with Crippen molar-refractivity contribution in [2.75, 3.05) is 28.2 Å². The second kappa shape index (κ2) is 5.82. The molecule has 68 heavy (non-hydrogen) atoms. The Kier molecular flexibility index (Phi) is 2.24. The molecule has 4 aliphatic rings. The minimum atomic E-state index is -3.50. The van der Waals surface area contributed by atoms with Crippen molar-refractivity contribution >= 4 is 298 Å². The molecule has 290 valence electrons. The van der Waals surface area contributed by atoms with E-state index in [1.165, 1.54) is 32.7 Å². The molecule has 3 nitrogen and oxygen atoms in total. The van der Waals surface area contributed by atoms with Crippen LogP contribution in [0.25, 0.3) is 291 Å². The molecule has 0 unspecified atom stereocenters. The Bertz CT molecular complexity index is 6940. The van der Waals surface area contributed by atoms with Gasteiger partial charge in [0.1, 0.15) is 5.16 Å². The van der Waals surface area contributed by atoms with Gasteiger partial charge >= 0.3 is 0 Å². The molecule has 0 aromatic heterocycles. The zero-order chi connectivity index (χ0) is 41.2. The highest BCUT2D eigenvalue weighted by Crippen LogP contribution is 2.89. The van der Waals surface area contributed by atoms with Gasteiger partial charge in [-0.15, -0.1) is 0 Å². The molecular weight excluding hydrogens is 844 g/mol. The summed E-state index contributed by atoms with van der Waals surface area (Å²) in [6, 6.07) is 0. The van der Waals surface area contributed by atoms with Crippen molar-refractivity contribution in [3.8, 4) is 0 Å². The lowest BCUT2D eigenvalue weighted by Gasteiger charge is -2.52. The molecule has 28 aromatic rings. The molecule has 0 saturated heterocycles. The molecule has 0 spiro atoms. The molecule has 0 bridgehead atoms. The van der Waals surface area contributed by atoms with Crippen molar-refractivity contribution in [1.82, 2.24) is 9.34 Å². The molecule has 0 fully saturated rings. The van der Waals surface area contributed by atoms with E-state index in [2.05, 4.69) is 37.5 Å². The summed E-state index contributed by atoms with van der Waals surface area (Å²) in [6.45, 7) is 0. The third kappa shape index (κ3) is 1.35. The first kappa shape index (κ1) is 26.2. The fourth-order valence-corrected chi connectivity index (χ4v) is 28.2. The van der Waals surface area contributed by atoms with E-state index in [1.54, 1.807) is 280 Å². The molecule has 28 aromatic carbocycles. The molecule has 0 N–H and O–H groups in total. The van der Waals surface area contributed by atoms with Gasteiger partial charge in [0.25, 0.3) is 0 Å². The summed E-state index contributed by atoms with van der Waals surface area (Å²) in [5.74, 6) is -0.0382. The summed E-state index contributed by atoms with van der Waals surface area (Å²) in [5.41, 5.74) is 6.10. The highest BCUT2D eigenvalue weighted by molar-refractivity contribution is 7.60. The van der Waals surface area contributed by atoms with Crippen LogP contribution in [0.5, 0.6) is 0 Å². The average molecular weight is 857 g/mol. The molecule has 4 aliphatic carbocycles. The Balaban J connectivity index is 1.25. The van der Waals surface area contributed by atoms with Crippen LogP contribution in [0.1, 0.15) is 28.2 Å². The SMILES string of the molecule is CN(C)P(=O)(N(C)C)C12c3c4c5c6c7c8c(c9c%10c1c1c3c3c%11c4c4c5c5c7c7c%12c8c8c9c9c%10c%10c1c1c3c3c%11c%11c4c4c5c7c5c7c%12c8c8c9c9c%10c1c1c3c3c%11c4c5c4c7c8c9c1c34)C62. The van der Waals surface area contributed by atoms with E-state index in [0.717, 1.165) is 0 Å². The Morgan fingerprint density at radius 3 is 0.544 bits per heavy atom. The summed E-state index contributed by atoms with van der Waals surface area (Å²) < 4.78 is 22.7. The van der Waals surface area contributed by atoms with Crippen LogP contribution in [0, 0.1) is 0 Å². The maximum atomic E-state index is 18.2. The van der Waals surface area contributed by atoms with E-state index in [-0.39, 0.29) is 5.92 Å². The Hall–Kier alpha value is -7.39. The smallest absolute Gasteiger partial charge is 0.231 e.